The normalized spacial score (nSPS) is 27.9. The second-order valence-corrected chi connectivity index (χ2v) is 12.0. The van der Waals surface area contributed by atoms with Crippen molar-refractivity contribution in [1.29, 1.82) is 0 Å². The molecule has 0 spiro atoms. The Morgan fingerprint density at radius 1 is 1.35 bits per heavy atom. The van der Waals surface area contributed by atoms with Crippen LogP contribution in [0.2, 0.25) is 19.1 Å². The molecular formula is C16H24N2OSi. The zero-order valence-electron chi connectivity index (χ0n) is 12.4. The molecule has 1 aromatic carbocycles. The Balaban J connectivity index is 1.69. The van der Waals surface area contributed by atoms with E-state index in [1.807, 2.05) is 0 Å². The monoisotopic (exact) mass is 288 g/mol. The van der Waals surface area contributed by atoms with Crippen LogP contribution < -0.4 is 10.6 Å². The summed E-state index contributed by atoms with van der Waals surface area (Å²) < 4.78 is 0. The number of amides is 1. The van der Waals surface area contributed by atoms with Gasteiger partial charge in [-0.1, -0.05) is 37.4 Å². The minimum Gasteiger partial charge on any atom is -0.348 e. The number of aryl methyl sites for hydroxylation is 1. The summed E-state index contributed by atoms with van der Waals surface area (Å²) in [6.07, 6.45) is 4.44. The van der Waals surface area contributed by atoms with Crippen molar-refractivity contribution in [2.75, 3.05) is 6.17 Å². The summed E-state index contributed by atoms with van der Waals surface area (Å²) in [6, 6.07) is 9.83. The number of hydrogen-bond donors (Lipinski definition) is 2. The summed E-state index contributed by atoms with van der Waals surface area (Å²) in [4.78, 5) is 12.5. The number of nitrogens with one attached hydrogen (secondary N) is 2. The van der Waals surface area contributed by atoms with Gasteiger partial charge in [-0.2, -0.15) is 0 Å². The van der Waals surface area contributed by atoms with Crippen LogP contribution in [0.5, 0.6) is 0 Å². The van der Waals surface area contributed by atoms with Gasteiger partial charge in [0, 0.05) is 0 Å². The highest BCUT2D eigenvalue weighted by Crippen LogP contribution is 2.30. The average molecular weight is 288 g/mol. The Morgan fingerprint density at radius 3 is 2.90 bits per heavy atom. The van der Waals surface area contributed by atoms with E-state index < -0.39 is 8.07 Å². The SMILES string of the molecule is C[Si]1(C)CNC(C(=O)N[C@@H]2CCCc3ccccc32)C1. The molecule has 2 atom stereocenters. The van der Waals surface area contributed by atoms with Crippen LogP contribution in [0.25, 0.3) is 0 Å². The van der Waals surface area contributed by atoms with Gasteiger partial charge in [-0.25, -0.2) is 0 Å². The fourth-order valence-electron chi connectivity index (χ4n) is 3.46. The van der Waals surface area contributed by atoms with Crippen LogP contribution in [0.1, 0.15) is 30.0 Å². The number of rotatable bonds is 2. The molecular weight excluding hydrogens is 264 g/mol. The molecule has 0 saturated carbocycles. The number of carbonyl (C=O) groups is 1. The Kier molecular flexibility index (Phi) is 3.69. The van der Waals surface area contributed by atoms with E-state index in [1.54, 1.807) is 0 Å². The standard InChI is InChI=1S/C16H24N2OSi/c1-20(2)10-15(17-11-20)16(19)18-14-9-5-7-12-6-3-4-8-13(12)14/h3-4,6,8,14-15,17H,5,7,9-11H2,1-2H3,(H,18,19)/t14-,15?/m1/s1. The number of hydrogen-bond acceptors (Lipinski definition) is 2. The Morgan fingerprint density at radius 2 is 2.15 bits per heavy atom. The molecule has 0 radical (unpaired) electrons. The molecule has 3 rings (SSSR count). The molecule has 4 heteroatoms. The summed E-state index contributed by atoms with van der Waals surface area (Å²) >= 11 is 0. The summed E-state index contributed by atoms with van der Waals surface area (Å²) in [5, 5.41) is 6.69. The first-order valence-electron chi connectivity index (χ1n) is 7.67. The molecule has 1 amide bonds. The van der Waals surface area contributed by atoms with Gasteiger partial charge in [-0.15, -0.1) is 0 Å². The average Bonchev–Trinajstić information content (AvgIpc) is 2.80. The molecule has 2 N–H and O–H groups in total. The molecule has 1 heterocycles. The van der Waals surface area contributed by atoms with Gasteiger partial charge < -0.3 is 10.6 Å². The molecule has 1 saturated heterocycles. The first kappa shape index (κ1) is 13.8. The molecule has 1 aliphatic carbocycles. The van der Waals surface area contributed by atoms with E-state index in [9.17, 15) is 4.79 Å². The lowest BCUT2D eigenvalue weighted by molar-refractivity contribution is -0.123. The van der Waals surface area contributed by atoms with Gasteiger partial charge in [0.25, 0.3) is 0 Å². The maximum atomic E-state index is 12.5. The molecule has 0 bridgehead atoms. The van der Waals surface area contributed by atoms with Crippen LogP contribution >= 0.6 is 0 Å². The van der Waals surface area contributed by atoms with Crippen molar-refractivity contribution >= 4 is 14.0 Å². The van der Waals surface area contributed by atoms with Crippen LogP contribution in [-0.4, -0.2) is 26.2 Å². The van der Waals surface area contributed by atoms with Crippen molar-refractivity contribution in [2.24, 2.45) is 0 Å². The molecule has 1 unspecified atom stereocenters. The van der Waals surface area contributed by atoms with Gasteiger partial charge in [-0.3, -0.25) is 4.79 Å². The van der Waals surface area contributed by atoms with Gasteiger partial charge in [0.05, 0.1) is 20.2 Å². The molecule has 1 aliphatic heterocycles. The highest BCUT2D eigenvalue weighted by molar-refractivity contribution is 6.78. The lowest BCUT2D eigenvalue weighted by atomic mass is 9.87. The van der Waals surface area contributed by atoms with Crippen molar-refractivity contribution in [3.8, 4) is 0 Å². The Hall–Kier alpha value is -1.13. The zero-order chi connectivity index (χ0) is 14.2. The second-order valence-electron chi connectivity index (χ2n) is 6.95. The van der Waals surface area contributed by atoms with Crippen LogP contribution in [0.3, 0.4) is 0 Å². The Labute approximate surface area is 122 Å². The number of benzene rings is 1. The van der Waals surface area contributed by atoms with E-state index in [2.05, 4.69) is 48.0 Å². The molecule has 3 nitrogen and oxygen atoms in total. The Bertz CT molecular complexity index is 515. The predicted octanol–water partition coefficient (Wildman–Crippen LogP) is 2.40. The van der Waals surface area contributed by atoms with Crippen molar-refractivity contribution in [1.82, 2.24) is 10.6 Å². The summed E-state index contributed by atoms with van der Waals surface area (Å²) in [5.41, 5.74) is 2.72. The van der Waals surface area contributed by atoms with E-state index in [1.165, 1.54) is 17.5 Å². The van der Waals surface area contributed by atoms with Crippen LogP contribution in [-0.2, 0) is 11.2 Å². The van der Waals surface area contributed by atoms with Crippen molar-refractivity contribution < 1.29 is 4.79 Å². The van der Waals surface area contributed by atoms with Crippen LogP contribution in [0, 0.1) is 0 Å². The first-order chi connectivity index (χ1) is 9.55. The van der Waals surface area contributed by atoms with Gasteiger partial charge in [-0.05, 0) is 42.6 Å². The highest BCUT2D eigenvalue weighted by Gasteiger charge is 2.37. The van der Waals surface area contributed by atoms with Crippen LogP contribution in [0.4, 0.5) is 0 Å². The quantitative estimate of drug-likeness (QED) is 0.821. The smallest absolute Gasteiger partial charge is 0.237 e. The van der Waals surface area contributed by atoms with Crippen LogP contribution in [0.15, 0.2) is 24.3 Å². The molecule has 1 fully saturated rings. The summed E-state index contributed by atoms with van der Waals surface area (Å²) in [6.45, 7) is 4.70. The lowest BCUT2D eigenvalue weighted by Crippen LogP contribution is -2.42. The van der Waals surface area contributed by atoms with Crippen molar-refractivity contribution in [3.05, 3.63) is 35.4 Å². The third kappa shape index (κ3) is 2.81. The lowest BCUT2D eigenvalue weighted by Gasteiger charge is -2.27. The van der Waals surface area contributed by atoms with Gasteiger partial charge >= 0.3 is 0 Å². The van der Waals surface area contributed by atoms with E-state index in [4.69, 9.17) is 0 Å². The molecule has 2 aliphatic rings. The van der Waals surface area contributed by atoms with E-state index in [0.717, 1.165) is 25.1 Å². The maximum Gasteiger partial charge on any atom is 0.237 e. The van der Waals surface area contributed by atoms with E-state index in [0.29, 0.717) is 0 Å². The third-order valence-corrected chi connectivity index (χ3v) is 7.26. The summed E-state index contributed by atoms with van der Waals surface area (Å²) in [5.74, 6) is 0.199. The fraction of sp³-hybridized carbons (Fsp3) is 0.562. The minimum absolute atomic E-state index is 0.0331. The minimum atomic E-state index is -1.18. The van der Waals surface area contributed by atoms with E-state index in [-0.39, 0.29) is 18.0 Å². The molecule has 1 aromatic rings. The molecule has 20 heavy (non-hydrogen) atoms. The number of carbonyl (C=O) groups excluding carboxylic acids is 1. The fourth-order valence-corrected chi connectivity index (χ4v) is 5.84. The second kappa shape index (κ2) is 5.33. The number of fused-ring (bicyclic) bond motifs is 1. The van der Waals surface area contributed by atoms with Gasteiger partial charge in [0.1, 0.15) is 0 Å². The zero-order valence-corrected chi connectivity index (χ0v) is 13.4. The van der Waals surface area contributed by atoms with E-state index >= 15 is 0 Å². The first-order valence-corrected chi connectivity index (χ1v) is 11.1. The topological polar surface area (TPSA) is 41.1 Å². The van der Waals surface area contributed by atoms with Gasteiger partial charge in [0.2, 0.25) is 5.91 Å². The molecule has 108 valence electrons. The highest BCUT2D eigenvalue weighted by atomic mass is 28.3. The largest absolute Gasteiger partial charge is 0.348 e. The third-order valence-electron chi connectivity index (χ3n) is 4.59. The predicted molar refractivity (Wildman–Crippen MR) is 84.3 cm³/mol. The summed E-state index contributed by atoms with van der Waals surface area (Å²) in [7, 11) is -1.18. The molecule has 0 aromatic heterocycles. The van der Waals surface area contributed by atoms with Crippen molar-refractivity contribution in [3.63, 3.8) is 0 Å². The van der Waals surface area contributed by atoms with Crippen molar-refractivity contribution in [2.45, 2.75) is 50.5 Å². The maximum absolute atomic E-state index is 12.5. The van der Waals surface area contributed by atoms with Gasteiger partial charge in [0.15, 0.2) is 0 Å².